The standard InChI is InChI=1S/C15H25BrN2O/c1-4-11-6-5-7-12(8-11)14(19)9-13-15(16)10(2)17-18(13)3/h11-12,14,19H,4-9H2,1-3H3. The summed E-state index contributed by atoms with van der Waals surface area (Å²) in [5, 5.41) is 14.9. The summed E-state index contributed by atoms with van der Waals surface area (Å²) in [5.74, 6) is 1.27. The molecule has 0 radical (unpaired) electrons. The Labute approximate surface area is 124 Å². The minimum atomic E-state index is -0.236. The van der Waals surface area contributed by atoms with Crippen LogP contribution in [0.1, 0.15) is 50.4 Å². The van der Waals surface area contributed by atoms with Gasteiger partial charge < -0.3 is 5.11 Å². The Hall–Kier alpha value is -0.350. The number of nitrogens with zero attached hydrogens (tertiary/aromatic N) is 2. The van der Waals surface area contributed by atoms with Gasteiger partial charge in [0, 0.05) is 13.5 Å². The molecule has 0 bridgehead atoms. The van der Waals surface area contributed by atoms with E-state index in [1.165, 1.54) is 32.1 Å². The van der Waals surface area contributed by atoms with E-state index in [2.05, 4.69) is 28.0 Å². The van der Waals surface area contributed by atoms with Crippen molar-refractivity contribution in [3.63, 3.8) is 0 Å². The molecule has 1 heterocycles. The quantitative estimate of drug-likeness (QED) is 0.916. The lowest BCUT2D eigenvalue weighted by atomic mass is 9.77. The summed E-state index contributed by atoms with van der Waals surface area (Å²) in [7, 11) is 1.95. The molecule has 0 saturated heterocycles. The molecule has 2 rings (SSSR count). The first-order valence-corrected chi connectivity index (χ1v) is 8.18. The third kappa shape index (κ3) is 3.40. The van der Waals surface area contributed by atoms with Crippen molar-refractivity contribution in [2.45, 2.75) is 58.5 Å². The van der Waals surface area contributed by atoms with E-state index < -0.39 is 0 Å². The number of rotatable bonds is 4. The van der Waals surface area contributed by atoms with Crippen LogP contribution in [0.4, 0.5) is 0 Å². The van der Waals surface area contributed by atoms with Crippen molar-refractivity contribution in [3.8, 4) is 0 Å². The van der Waals surface area contributed by atoms with Crippen LogP contribution >= 0.6 is 15.9 Å². The van der Waals surface area contributed by atoms with Crippen molar-refractivity contribution in [1.29, 1.82) is 0 Å². The average Bonchev–Trinajstić information content (AvgIpc) is 2.65. The van der Waals surface area contributed by atoms with E-state index in [0.29, 0.717) is 12.3 Å². The van der Waals surface area contributed by atoms with Gasteiger partial charge in [0.05, 0.1) is 22.0 Å². The van der Waals surface area contributed by atoms with Gasteiger partial charge in [-0.15, -0.1) is 0 Å². The molecule has 1 aliphatic carbocycles. The maximum Gasteiger partial charge on any atom is 0.0738 e. The van der Waals surface area contributed by atoms with E-state index in [1.54, 1.807) is 0 Å². The normalized spacial score (nSPS) is 25.5. The summed E-state index contributed by atoms with van der Waals surface area (Å²) in [6.07, 6.45) is 6.69. The molecule has 1 aliphatic rings. The molecule has 0 spiro atoms. The molecule has 1 aromatic heterocycles. The fraction of sp³-hybridized carbons (Fsp3) is 0.800. The largest absolute Gasteiger partial charge is 0.392 e. The highest BCUT2D eigenvalue weighted by molar-refractivity contribution is 9.10. The maximum atomic E-state index is 10.5. The van der Waals surface area contributed by atoms with Crippen LogP contribution < -0.4 is 0 Å². The van der Waals surface area contributed by atoms with Crippen molar-refractivity contribution in [1.82, 2.24) is 9.78 Å². The Balaban J connectivity index is 2.02. The number of aromatic nitrogens is 2. The SMILES string of the molecule is CCC1CCCC(C(O)Cc2c(Br)c(C)nn2C)C1. The summed E-state index contributed by atoms with van der Waals surface area (Å²) in [4.78, 5) is 0. The van der Waals surface area contributed by atoms with Crippen LogP contribution in [0.15, 0.2) is 4.47 Å². The van der Waals surface area contributed by atoms with Crippen molar-refractivity contribution >= 4 is 15.9 Å². The van der Waals surface area contributed by atoms with Crippen molar-refractivity contribution in [2.75, 3.05) is 0 Å². The third-order valence-electron chi connectivity index (χ3n) is 4.61. The number of halogens is 1. The smallest absolute Gasteiger partial charge is 0.0738 e. The van der Waals surface area contributed by atoms with Gasteiger partial charge in [0.15, 0.2) is 0 Å². The van der Waals surface area contributed by atoms with Gasteiger partial charge >= 0.3 is 0 Å². The van der Waals surface area contributed by atoms with Gasteiger partial charge in [-0.25, -0.2) is 0 Å². The molecule has 4 heteroatoms. The van der Waals surface area contributed by atoms with Crippen LogP contribution in [0, 0.1) is 18.8 Å². The van der Waals surface area contributed by atoms with Crippen LogP contribution in [0.25, 0.3) is 0 Å². The van der Waals surface area contributed by atoms with Crippen molar-refractivity contribution in [3.05, 3.63) is 15.9 Å². The minimum Gasteiger partial charge on any atom is -0.392 e. The van der Waals surface area contributed by atoms with Gasteiger partial charge in [-0.2, -0.15) is 5.10 Å². The molecular formula is C15H25BrN2O. The molecule has 1 saturated carbocycles. The Morgan fingerprint density at radius 1 is 1.47 bits per heavy atom. The van der Waals surface area contributed by atoms with Gasteiger partial charge in [0.1, 0.15) is 0 Å². The summed E-state index contributed by atoms with van der Waals surface area (Å²) in [6, 6.07) is 0. The van der Waals surface area contributed by atoms with Crippen LogP contribution in [0.2, 0.25) is 0 Å². The summed E-state index contributed by atoms with van der Waals surface area (Å²) >= 11 is 3.58. The van der Waals surface area contributed by atoms with Gasteiger partial charge in [-0.05, 0) is 47.5 Å². The fourth-order valence-electron chi connectivity index (χ4n) is 3.32. The van der Waals surface area contributed by atoms with Crippen LogP contribution in [-0.2, 0) is 13.5 Å². The number of aryl methyl sites for hydroxylation is 2. The molecule has 0 aromatic carbocycles. The first kappa shape index (κ1) is 15.0. The minimum absolute atomic E-state index is 0.236. The topological polar surface area (TPSA) is 38.1 Å². The highest BCUT2D eigenvalue weighted by Gasteiger charge is 2.28. The lowest BCUT2D eigenvalue weighted by molar-refractivity contribution is 0.0669. The summed E-state index contributed by atoms with van der Waals surface area (Å²) < 4.78 is 2.94. The van der Waals surface area contributed by atoms with Gasteiger partial charge in [0.25, 0.3) is 0 Å². The van der Waals surface area contributed by atoms with Crippen LogP contribution in [0.3, 0.4) is 0 Å². The first-order valence-electron chi connectivity index (χ1n) is 7.39. The second-order valence-electron chi connectivity index (χ2n) is 5.94. The molecule has 3 atom stereocenters. The van der Waals surface area contributed by atoms with Crippen LogP contribution in [0.5, 0.6) is 0 Å². The molecule has 1 N–H and O–H groups in total. The fourth-order valence-corrected chi connectivity index (χ4v) is 3.82. The van der Waals surface area contributed by atoms with Crippen molar-refractivity contribution < 1.29 is 5.11 Å². The third-order valence-corrected chi connectivity index (χ3v) is 5.64. The zero-order valence-electron chi connectivity index (χ0n) is 12.2. The van der Waals surface area contributed by atoms with E-state index >= 15 is 0 Å². The van der Waals surface area contributed by atoms with Gasteiger partial charge in [0.2, 0.25) is 0 Å². The van der Waals surface area contributed by atoms with Crippen LogP contribution in [-0.4, -0.2) is 21.0 Å². The second kappa shape index (κ2) is 6.40. The Bertz CT molecular complexity index is 430. The Kier molecular flexibility index (Phi) is 5.07. The molecule has 3 unspecified atom stereocenters. The zero-order chi connectivity index (χ0) is 14.0. The monoisotopic (exact) mass is 328 g/mol. The average molecular weight is 329 g/mol. The zero-order valence-corrected chi connectivity index (χ0v) is 13.8. The molecular weight excluding hydrogens is 304 g/mol. The van der Waals surface area contributed by atoms with E-state index in [-0.39, 0.29) is 6.10 Å². The van der Waals surface area contributed by atoms with Crippen molar-refractivity contribution in [2.24, 2.45) is 18.9 Å². The molecule has 0 aliphatic heterocycles. The van der Waals surface area contributed by atoms with E-state index in [9.17, 15) is 5.11 Å². The lowest BCUT2D eigenvalue weighted by Crippen LogP contribution is -2.29. The van der Waals surface area contributed by atoms with Gasteiger partial charge in [-0.1, -0.05) is 26.2 Å². The molecule has 108 valence electrons. The second-order valence-corrected chi connectivity index (χ2v) is 6.74. The number of aliphatic hydroxyl groups excluding tert-OH is 1. The van der Waals surface area contributed by atoms with E-state index in [1.807, 2.05) is 18.7 Å². The molecule has 1 fully saturated rings. The lowest BCUT2D eigenvalue weighted by Gasteiger charge is -2.31. The van der Waals surface area contributed by atoms with Gasteiger partial charge in [-0.3, -0.25) is 4.68 Å². The highest BCUT2D eigenvalue weighted by atomic mass is 79.9. The predicted octanol–water partition coefficient (Wildman–Crippen LogP) is 3.61. The first-order chi connectivity index (χ1) is 9.02. The highest BCUT2D eigenvalue weighted by Crippen LogP contribution is 2.34. The maximum absolute atomic E-state index is 10.5. The number of aliphatic hydroxyl groups is 1. The Morgan fingerprint density at radius 2 is 2.21 bits per heavy atom. The predicted molar refractivity (Wildman–Crippen MR) is 81.1 cm³/mol. The molecule has 1 aromatic rings. The Morgan fingerprint density at radius 3 is 2.79 bits per heavy atom. The molecule has 0 amide bonds. The van der Waals surface area contributed by atoms with E-state index in [0.717, 1.165) is 21.8 Å². The summed E-state index contributed by atoms with van der Waals surface area (Å²) in [6.45, 7) is 4.26. The number of hydrogen-bond acceptors (Lipinski definition) is 2. The number of hydrogen-bond donors (Lipinski definition) is 1. The summed E-state index contributed by atoms with van der Waals surface area (Å²) in [5.41, 5.74) is 2.11. The molecule has 3 nitrogen and oxygen atoms in total. The molecule has 19 heavy (non-hydrogen) atoms. The van der Waals surface area contributed by atoms with E-state index in [4.69, 9.17) is 0 Å².